The molecule has 2 amide bonds. The first kappa shape index (κ1) is 21.9. The topological polar surface area (TPSA) is 67.7 Å². The van der Waals surface area contributed by atoms with Crippen molar-refractivity contribution in [2.24, 2.45) is 5.92 Å². The van der Waals surface area contributed by atoms with E-state index in [9.17, 15) is 9.59 Å². The molecule has 3 aromatic rings. The van der Waals surface area contributed by atoms with Crippen LogP contribution in [0, 0.1) is 5.92 Å². The maximum absolute atomic E-state index is 12.9. The summed E-state index contributed by atoms with van der Waals surface area (Å²) < 4.78 is 7.37. The quantitative estimate of drug-likeness (QED) is 0.531. The lowest BCUT2D eigenvalue weighted by molar-refractivity contribution is -0.138. The number of benzene rings is 2. The molecule has 7 heteroatoms. The second-order valence-corrected chi connectivity index (χ2v) is 8.67. The number of methoxy groups -OCH3 is 1. The summed E-state index contributed by atoms with van der Waals surface area (Å²) in [5.74, 6) is 1.13. The van der Waals surface area contributed by atoms with E-state index in [1.807, 2.05) is 76.5 Å². The van der Waals surface area contributed by atoms with Crippen LogP contribution in [0.2, 0.25) is 0 Å². The Morgan fingerprint density at radius 2 is 1.62 bits per heavy atom. The third-order valence-corrected chi connectivity index (χ3v) is 6.36. The van der Waals surface area contributed by atoms with E-state index >= 15 is 0 Å². The summed E-state index contributed by atoms with van der Waals surface area (Å²) in [6.45, 7) is 2.33. The maximum atomic E-state index is 12.9. The molecule has 5 rings (SSSR count). The van der Waals surface area contributed by atoms with Crippen molar-refractivity contribution >= 4 is 17.9 Å². The first-order valence-electron chi connectivity index (χ1n) is 11.7. The Bertz CT molecular complexity index is 1210. The second kappa shape index (κ2) is 9.55. The lowest BCUT2D eigenvalue weighted by atomic mass is 10.1. The second-order valence-electron chi connectivity index (χ2n) is 8.67. The molecule has 0 atom stereocenters. The van der Waals surface area contributed by atoms with Gasteiger partial charge in [0.1, 0.15) is 11.4 Å². The zero-order valence-corrected chi connectivity index (χ0v) is 19.3. The van der Waals surface area contributed by atoms with Crippen LogP contribution in [0.3, 0.4) is 0 Å². The fourth-order valence-electron chi connectivity index (χ4n) is 4.27. The maximum Gasteiger partial charge on any atom is 0.246 e. The number of ether oxygens (including phenoxy) is 1. The zero-order chi connectivity index (χ0) is 23.5. The minimum absolute atomic E-state index is 0.0584. The van der Waals surface area contributed by atoms with Crippen molar-refractivity contribution < 1.29 is 14.3 Å². The normalized spacial score (nSPS) is 16.1. The van der Waals surface area contributed by atoms with Crippen LogP contribution in [0.25, 0.3) is 23.0 Å². The Morgan fingerprint density at radius 1 is 0.941 bits per heavy atom. The Morgan fingerprint density at radius 3 is 2.32 bits per heavy atom. The fraction of sp³-hybridized carbons (Fsp3) is 0.296. The molecule has 34 heavy (non-hydrogen) atoms. The lowest BCUT2D eigenvalue weighted by Crippen LogP contribution is -2.50. The minimum Gasteiger partial charge on any atom is -0.496 e. The number of rotatable bonds is 6. The highest BCUT2D eigenvalue weighted by Crippen LogP contribution is 2.33. The number of hydrogen-bond acceptors (Lipinski definition) is 4. The molecule has 7 nitrogen and oxygen atoms in total. The van der Waals surface area contributed by atoms with Crippen molar-refractivity contribution in [2.45, 2.75) is 12.8 Å². The number of amides is 2. The Kier molecular flexibility index (Phi) is 6.16. The molecule has 1 aliphatic heterocycles. The molecule has 0 unspecified atom stereocenters. The van der Waals surface area contributed by atoms with Gasteiger partial charge in [-0.3, -0.25) is 9.59 Å². The van der Waals surface area contributed by atoms with E-state index < -0.39 is 0 Å². The predicted molar refractivity (Wildman–Crippen MR) is 130 cm³/mol. The lowest BCUT2D eigenvalue weighted by Gasteiger charge is -2.34. The Labute approximate surface area is 199 Å². The van der Waals surface area contributed by atoms with Crippen LogP contribution in [0.5, 0.6) is 5.75 Å². The van der Waals surface area contributed by atoms with Crippen LogP contribution >= 0.6 is 0 Å². The third-order valence-electron chi connectivity index (χ3n) is 6.36. The largest absolute Gasteiger partial charge is 0.496 e. The summed E-state index contributed by atoms with van der Waals surface area (Å²) in [5.41, 5.74) is 3.36. The Balaban J connectivity index is 1.37. The first-order valence-corrected chi connectivity index (χ1v) is 11.7. The summed E-state index contributed by atoms with van der Waals surface area (Å²) in [7, 11) is 1.64. The number of nitrogens with zero attached hydrogens (tertiary/aromatic N) is 4. The molecular weight excluding hydrogens is 428 g/mol. The van der Waals surface area contributed by atoms with Gasteiger partial charge in [0.05, 0.1) is 12.8 Å². The molecule has 174 valence electrons. The number of carbonyl (C=O) groups is 2. The fourth-order valence-corrected chi connectivity index (χ4v) is 4.27. The van der Waals surface area contributed by atoms with Crippen LogP contribution < -0.4 is 4.74 Å². The van der Waals surface area contributed by atoms with Gasteiger partial charge in [0.25, 0.3) is 0 Å². The molecule has 2 aliphatic rings. The summed E-state index contributed by atoms with van der Waals surface area (Å²) in [6.07, 6.45) is 7.35. The van der Waals surface area contributed by atoms with Gasteiger partial charge in [0.2, 0.25) is 11.8 Å². The molecule has 2 fully saturated rings. The molecule has 1 saturated heterocycles. The van der Waals surface area contributed by atoms with Crippen LogP contribution in [0.4, 0.5) is 0 Å². The molecule has 2 aromatic carbocycles. The molecule has 0 bridgehead atoms. The molecular formula is C27H28N4O3. The average Bonchev–Trinajstić information content (AvgIpc) is 3.66. The predicted octanol–water partition coefficient (Wildman–Crippen LogP) is 3.64. The third kappa shape index (κ3) is 4.59. The standard InChI is InChI=1S/C27H28N4O3/c1-34-24-10-6-5-9-23(24)26-21(19-31(28-26)22-7-3-2-4-8-22)13-14-25(32)29-15-17-30(18-16-29)27(33)20-11-12-20/h2-10,13-14,19-20H,11-12,15-18H2,1H3/b14-13+. The average molecular weight is 457 g/mol. The van der Waals surface area contributed by atoms with Gasteiger partial charge in [-0.1, -0.05) is 30.3 Å². The SMILES string of the molecule is COc1ccccc1-c1nn(-c2ccccc2)cc1/C=C/C(=O)N1CCN(C(=O)C2CC2)CC1. The summed E-state index contributed by atoms with van der Waals surface area (Å²) in [4.78, 5) is 28.9. The van der Waals surface area contributed by atoms with Gasteiger partial charge in [-0.2, -0.15) is 5.10 Å². The highest BCUT2D eigenvalue weighted by atomic mass is 16.5. The summed E-state index contributed by atoms with van der Waals surface area (Å²) in [6, 6.07) is 17.6. The van der Waals surface area contributed by atoms with Crippen molar-refractivity contribution in [1.82, 2.24) is 19.6 Å². The van der Waals surface area contributed by atoms with E-state index in [0.29, 0.717) is 26.2 Å². The highest BCUT2D eigenvalue weighted by Gasteiger charge is 2.35. The minimum atomic E-state index is -0.0584. The number of piperazine rings is 1. The van der Waals surface area contributed by atoms with E-state index in [4.69, 9.17) is 9.84 Å². The van der Waals surface area contributed by atoms with Crippen molar-refractivity contribution in [2.75, 3.05) is 33.3 Å². The van der Waals surface area contributed by atoms with Crippen molar-refractivity contribution in [1.29, 1.82) is 0 Å². The van der Waals surface area contributed by atoms with E-state index in [0.717, 1.165) is 41.1 Å². The molecule has 0 N–H and O–H groups in total. The molecule has 1 aromatic heterocycles. The molecule has 1 aliphatic carbocycles. The number of aromatic nitrogens is 2. The van der Waals surface area contributed by atoms with Crippen LogP contribution in [-0.4, -0.2) is 64.7 Å². The first-order chi connectivity index (χ1) is 16.6. The van der Waals surface area contributed by atoms with E-state index in [1.165, 1.54) is 0 Å². The number of para-hydroxylation sites is 2. The number of hydrogen-bond donors (Lipinski definition) is 0. The van der Waals surface area contributed by atoms with Crippen molar-refractivity contribution in [3.8, 4) is 22.7 Å². The van der Waals surface area contributed by atoms with E-state index in [-0.39, 0.29) is 17.7 Å². The van der Waals surface area contributed by atoms with E-state index in [2.05, 4.69) is 0 Å². The summed E-state index contributed by atoms with van der Waals surface area (Å²) >= 11 is 0. The van der Waals surface area contributed by atoms with Gasteiger partial charge in [-0.15, -0.1) is 0 Å². The summed E-state index contributed by atoms with van der Waals surface area (Å²) in [5, 5.41) is 4.82. The molecule has 0 radical (unpaired) electrons. The molecule has 0 spiro atoms. The molecule has 1 saturated carbocycles. The number of carbonyl (C=O) groups excluding carboxylic acids is 2. The van der Waals surface area contributed by atoms with Gasteiger partial charge < -0.3 is 14.5 Å². The van der Waals surface area contributed by atoms with Gasteiger partial charge in [-0.05, 0) is 43.2 Å². The monoisotopic (exact) mass is 456 g/mol. The van der Waals surface area contributed by atoms with Crippen LogP contribution in [0.1, 0.15) is 18.4 Å². The Hall–Kier alpha value is -3.87. The smallest absolute Gasteiger partial charge is 0.246 e. The van der Waals surface area contributed by atoms with Gasteiger partial charge in [-0.25, -0.2) is 4.68 Å². The van der Waals surface area contributed by atoms with Crippen molar-refractivity contribution in [3.05, 3.63) is 72.4 Å². The molecule has 2 heterocycles. The van der Waals surface area contributed by atoms with E-state index in [1.54, 1.807) is 18.1 Å². The zero-order valence-electron chi connectivity index (χ0n) is 19.3. The van der Waals surface area contributed by atoms with Gasteiger partial charge >= 0.3 is 0 Å². The highest BCUT2D eigenvalue weighted by molar-refractivity contribution is 5.93. The van der Waals surface area contributed by atoms with Crippen LogP contribution in [0.15, 0.2) is 66.9 Å². The van der Waals surface area contributed by atoms with Crippen LogP contribution in [-0.2, 0) is 9.59 Å². The van der Waals surface area contributed by atoms with Gasteiger partial charge in [0, 0.05) is 55.5 Å². The van der Waals surface area contributed by atoms with Crippen molar-refractivity contribution in [3.63, 3.8) is 0 Å². The van der Waals surface area contributed by atoms with Gasteiger partial charge in [0.15, 0.2) is 0 Å².